The molecule has 20 heavy (non-hydrogen) atoms. The van der Waals surface area contributed by atoms with E-state index in [0.29, 0.717) is 5.92 Å². The van der Waals surface area contributed by atoms with Crippen molar-refractivity contribution in [1.82, 2.24) is 5.32 Å². The van der Waals surface area contributed by atoms with Gasteiger partial charge in [-0.3, -0.25) is 0 Å². The number of halogens is 1. The van der Waals surface area contributed by atoms with Crippen molar-refractivity contribution in [1.29, 1.82) is 0 Å². The van der Waals surface area contributed by atoms with Gasteiger partial charge < -0.3 is 10.2 Å². The van der Waals surface area contributed by atoms with Crippen molar-refractivity contribution in [3.63, 3.8) is 0 Å². The zero-order chi connectivity index (χ0) is 14.5. The van der Waals surface area contributed by atoms with Crippen LogP contribution in [0.5, 0.6) is 0 Å². The standard InChI is InChI=1S/C17H27FN2/c1-13(2)10-19-11-15-9-16(18)7-8-17(15)20(3)12-14-5-4-6-14/h7-9,13-14,19H,4-6,10-12H2,1-3H3. The number of nitrogens with one attached hydrogen (secondary N) is 1. The van der Waals surface area contributed by atoms with Crippen LogP contribution in [-0.4, -0.2) is 20.1 Å². The highest BCUT2D eigenvalue weighted by Gasteiger charge is 2.20. The largest absolute Gasteiger partial charge is 0.374 e. The van der Waals surface area contributed by atoms with Crippen molar-refractivity contribution in [3.05, 3.63) is 29.6 Å². The van der Waals surface area contributed by atoms with Gasteiger partial charge in [0.05, 0.1) is 0 Å². The predicted octanol–water partition coefficient (Wildman–Crippen LogP) is 3.81. The molecule has 1 aromatic rings. The fourth-order valence-electron chi connectivity index (χ4n) is 2.72. The number of anilines is 1. The van der Waals surface area contributed by atoms with Crippen LogP contribution < -0.4 is 10.2 Å². The molecule has 0 saturated heterocycles. The molecule has 1 saturated carbocycles. The summed E-state index contributed by atoms with van der Waals surface area (Å²) in [6.45, 7) is 7.15. The average molecular weight is 278 g/mol. The number of rotatable bonds is 7. The Morgan fingerprint density at radius 1 is 1.35 bits per heavy atom. The van der Waals surface area contributed by atoms with Gasteiger partial charge in [0.2, 0.25) is 0 Å². The molecule has 0 atom stereocenters. The first-order valence-electron chi connectivity index (χ1n) is 7.76. The summed E-state index contributed by atoms with van der Waals surface area (Å²) in [7, 11) is 2.12. The molecule has 0 amide bonds. The van der Waals surface area contributed by atoms with E-state index in [0.717, 1.165) is 36.8 Å². The molecule has 1 aromatic carbocycles. The van der Waals surface area contributed by atoms with E-state index in [4.69, 9.17) is 0 Å². The van der Waals surface area contributed by atoms with Crippen LogP contribution in [0.4, 0.5) is 10.1 Å². The van der Waals surface area contributed by atoms with E-state index in [2.05, 4.69) is 31.1 Å². The first-order chi connectivity index (χ1) is 9.56. The predicted molar refractivity (Wildman–Crippen MR) is 83.6 cm³/mol. The third-order valence-corrected chi connectivity index (χ3v) is 4.08. The minimum atomic E-state index is -0.146. The second-order valence-corrected chi connectivity index (χ2v) is 6.48. The highest BCUT2D eigenvalue weighted by molar-refractivity contribution is 5.53. The van der Waals surface area contributed by atoms with Crippen molar-refractivity contribution in [2.45, 2.75) is 39.7 Å². The van der Waals surface area contributed by atoms with Gasteiger partial charge >= 0.3 is 0 Å². The van der Waals surface area contributed by atoms with E-state index < -0.39 is 0 Å². The molecule has 0 aromatic heterocycles. The summed E-state index contributed by atoms with van der Waals surface area (Å²) in [6, 6.07) is 5.15. The molecule has 0 spiro atoms. The molecule has 3 heteroatoms. The molecule has 1 aliphatic rings. The zero-order valence-electron chi connectivity index (χ0n) is 13.0. The highest BCUT2D eigenvalue weighted by atomic mass is 19.1. The number of hydrogen-bond acceptors (Lipinski definition) is 2. The molecular weight excluding hydrogens is 251 g/mol. The SMILES string of the molecule is CC(C)CNCc1cc(F)ccc1N(C)CC1CCC1. The van der Waals surface area contributed by atoms with Crippen molar-refractivity contribution in [3.8, 4) is 0 Å². The third-order valence-electron chi connectivity index (χ3n) is 4.08. The van der Waals surface area contributed by atoms with E-state index in [1.807, 2.05) is 6.07 Å². The van der Waals surface area contributed by atoms with Gasteiger partial charge in [-0.2, -0.15) is 0 Å². The number of hydrogen-bond donors (Lipinski definition) is 1. The minimum Gasteiger partial charge on any atom is -0.374 e. The smallest absolute Gasteiger partial charge is 0.123 e. The lowest BCUT2D eigenvalue weighted by Crippen LogP contribution is -2.30. The first-order valence-corrected chi connectivity index (χ1v) is 7.76. The molecule has 0 radical (unpaired) electrons. The van der Waals surface area contributed by atoms with E-state index in [1.165, 1.54) is 19.3 Å². The van der Waals surface area contributed by atoms with Gasteiger partial charge in [-0.25, -0.2) is 4.39 Å². The van der Waals surface area contributed by atoms with Crippen LogP contribution in [0.3, 0.4) is 0 Å². The van der Waals surface area contributed by atoms with Crippen molar-refractivity contribution in [2.24, 2.45) is 11.8 Å². The Kier molecular flexibility index (Phi) is 5.41. The van der Waals surface area contributed by atoms with Crippen LogP contribution in [0.2, 0.25) is 0 Å². The van der Waals surface area contributed by atoms with Crippen LogP contribution in [-0.2, 0) is 6.54 Å². The minimum absolute atomic E-state index is 0.146. The van der Waals surface area contributed by atoms with Gasteiger partial charge in [-0.05, 0) is 55.0 Å². The number of nitrogens with zero attached hydrogens (tertiary/aromatic N) is 1. The average Bonchev–Trinajstić information content (AvgIpc) is 2.33. The summed E-state index contributed by atoms with van der Waals surface area (Å²) >= 11 is 0. The van der Waals surface area contributed by atoms with Crippen molar-refractivity contribution in [2.75, 3.05) is 25.0 Å². The molecule has 0 unspecified atom stereocenters. The lowest BCUT2D eigenvalue weighted by Gasteiger charge is -2.32. The second-order valence-electron chi connectivity index (χ2n) is 6.48. The summed E-state index contributed by atoms with van der Waals surface area (Å²) in [5, 5.41) is 3.41. The molecular formula is C17H27FN2. The van der Waals surface area contributed by atoms with Gasteiger partial charge in [0.15, 0.2) is 0 Å². The summed E-state index contributed by atoms with van der Waals surface area (Å²) in [5.74, 6) is 1.29. The molecule has 0 heterocycles. The molecule has 1 N–H and O–H groups in total. The molecule has 1 fully saturated rings. The quantitative estimate of drug-likeness (QED) is 0.816. The van der Waals surface area contributed by atoms with Gasteiger partial charge in [0, 0.05) is 25.8 Å². The molecule has 1 aliphatic carbocycles. The fraction of sp³-hybridized carbons (Fsp3) is 0.647. The van der Waals surface area contributed by atoms with Crippen LogP contribution in [0.15, 0.2) is 18.2 Å². The summed E-state index contributed by atoms with van der Waals surface area (Å²) in [6.07, 6.45) is 4.05. The third kappa shape index (κ3) is 4.20. The highest BCUT2D eigenvalue weighted by Crippen LogP contribution is 2.29. The van der Waals surface area contributed by atoms with Crippen LogP contribution in [0, 0.1) is 17.7 Å². The van der Waals surface area contributed by atoms with Crippen LogP contribution in [0.25, 0.3) is 0 Å². The first kappa shape index (κ1) is 15.3. The zero-order valence-corrected chi connectivity index (χ0v) is 13.0. The van der Waals surface area contributed by atoms with Gasteiger partial charge in [0.25, 0.3) is 0 Å². The van der Waals surface area contributed by atoms with E-state index in [-0.39, 0.29) is 5.82 Å². The molecule has 2 rings (SSSR count). The lowest BCUT2D eigenvalue weighted by atomic mass is 9.85. The molecule has 0 aliphatic heterocycles. The Morgan fingerprint density at radius 2 is 2.10 bits per heavy atom. The van der Waals surface area contributed by atoms with E-state index >= 15 is 0 Å². The monoisotopic (exact) mass is 278 g/mol. The maximum atomic E-state index is 13.5. The Morgan fingerprint density at radius 3 is 2.70 bits per heavy atom. The Hall–Kier alpha value is -1.09. The van der Waals surface area contributed by atoms with Crippen molar-refractivity contribution >= 4 is 5.69 Å². The van der Waals surface area contributed by atoms with E-state index in [9.17, 15) is 4.39 Å². The maximum absolute atomic E-state index is 13.5. The molecule has 0 bridgehead atoms. The van der Waals surface area contributed by atoms with Crippen LogP contribution >= 0.6 is 0 Å². The molecule has 112 valence electrons. The Bertz CT molecular complexity index is 427. The number of benzene rings is 1. The van der Waals surface area contributed by atoms with Crippen LogP contribution in [0.1, 0.15) is 38.7 Å². The van der Waals surface area contributed by atoms with Crippen molar-refractivity contribution < 1.29 is 4.39 Å². The van der Waals surface area contributed by atoms with Gasteiger partial charge in [-0.1, -0.05) is 20.3 Å². The molecule has 2 nitrogen and oxygen atoms in total. The lowest BCUT2D eigenvalue weighted by molar-refractivity contribution is 0.321. The van der Waals surface area contributed by atoms with Gasteiger partial charge in [-0.15, -0.1) is 0 Å². The Balaban J connectivity index is 2.01. The summed E-state index contributed by atoms with van der Waals surface area (Å²) in [5.41, 5.74) is 2.22. The topological polar surface area (TPSA) is 15.3 Å². The summed E-state index contributed by atoms with van der Waals surface area (Å²) in [4.78, 5) is 2.29. The summed E-state index contributed by atoms with van der Waals surface area (Å²) < 4.78 is 13.5. The normalized spacial score (nSPS) is 15.4. The maximum Gasteiger partial charge on any atom is 0.123 e. The second kappa shape index (κ2) is 7.07. The van der Waals surface area contributed by atoms with Gasteiger partial charge in [0.1, 0.15) is 5.82 Å². The van der Waals surface area contributed by atoms with E-state index in [1.54, 1.807) is 12.1 Å². The Labute approximate surface area is 122 Å². The fourth-order valence-corrected chi connectivity index (χ4v) is 2.72.